The highest BCUT2D eigenvalue weighted by atomic mass is 16.5. The van der Waals surface area contributed by atoms with Crippen LogP contribution in [0.5, 0.6) is 5.75 Å². The average molecular weight is 291 g/mol. The van der Waals surface area contributed by atoms with E-state index in [1.165, 1.54) is 12.8 Å². The van der Waals surface area contributed by atoms with Gasteiger partial charge < -0.3 is 15.6 Å². The number of ether oxygens (including phenoxy) is 1. The van der Waals surface area contributed by atoms with Crippen molar-refractivity contribution < 1.29 is 9.84 Å². The van der Waals surface area contributed by atoms with Crippen molar-refractivity contribution in [3.05, 3.63) is 29.8 Å². The molecule has 0 amide bonds. The van der Waals surface area contributed by atoms with Crippen LogP contribution in [0.2, 0.25) is 0 Å². The molecule has 1 aliphatic rings. The summed E-state index contributed by atoms with van der Waals surface area (Å²) < 4.78 is 5.70. The van der Waals surface area contributed by atoms with Crippen molar-refractivity contribution in [2.75, 3.05) is 13.2 Å². The lowest BCUT2D eigenvalue weighted by molar-refractivity contribution is 0.0801. The molecular formula is C18H29NO2. The summed E-state index contributed by atoms with van der Waals surface area (Å²) in [5.74, 6) is 2.42. The molecule has 3 N–H and O–H groups in total. The van der Waals surface area contributed by atoms with Crippen molar-refractivity contribution in [2.24, 2.45) is 23.5 Å². The highest BCUT2D eigenvalue weighted by Gasteiger charge is 2.36. The van der Waals surface area contributed by atoms with Gasteiger partial charge in [-0.3, -0.25) is 0 Å². The Morgan fingerprint density at radius 3 is 2.29 bits per heavy atom. The molecule has 0 aliphatic heterocycles. The molecule has 0 saturated heterocycles. The summed E-state index contributed by atoms with van der Waals surface area (Å²) in [6.45, 7) is 7.61. The van der Waals surface area contributed by atoms with Crippen LogP contribution < -0.4 is 10.5 Å². The van der Waals surface area contributed by atoms with Crippen LogP contribution in [0.3, 0.4) is 0 Å². The van der Waals surface area contributed by atoms with Gasteiger partial charge in [-0.15, -0.1) is 0 Å². The van der Waals surface area contributed by atoms with E-state index < -0.39 is 0 Å². The number of nitrogens with two attached hydrogens (primary N) is 1. The third-order valence-electron chi connectivity index (χ3n) is 4.46. The summed E-state index contributed by atoms with van der Waals surface area (Å²) in [5.41, 5.74) is 7.02. The predicted molar refractivity (Wildman–Crippen MR) is 86.5 cm³/mol. The Hall–Kier alpha value is -1.06. The molecule has 3 atom stereocenters. The fourth-order valence-corrected chi connectivity index (χ4v) is 2.81. The highest BCUT2D eigenvalue weighted by Crippen LogP contribution is 2.41. The van der Waals surface area contributed by atoms with Crippen molar-refractivity contribution in [3.8, 4) is 5.75 Å². The molecule has 0 radical (unpaired) electrons. The second kappa shape index (κ2) is 7.28. The first-order chi connectivity index (χ1) is 10.0. The van der Waals surface area contributed by atoms with E-state index in [0.717, 1.165) is 17.9 Å². The van der Waals surface area contributed by atoms with Crippen LogP contribution in [0.4, 0.5) is 0 Å². The van der Waals surface area contributed by atoms with E-state index in [0.29, 0.717) is 24.3 Å². The minimum atomic E-state index is -0.357. The fraction of sp³-hybridized carbons (Fsp3) is 0.667. The summed E-state index contributed by atoms with van der Waals surface area (Å²) in [7, 11) is 0. The van der Waals surface area contributed by atoms with Gasteiger partial charge in [-0.1, -0.05) is 32.9 Å². The van der Waals surface area contributed by atoms with Crippen molar-refractivity contribution in [3.63, 3.8) is 0 Å². The fourth-order valence-electron chi connectivity index (χ4n) is 2.81. The van der Waals surface area contributed by atoms with Crippen LogP contribution in [-0.2, 0) is 0 Å². The molecule has 0 aromatic heterocycles. The van der Waals surface area contributed by atoms with E-state index in [9.17, 15) is 5.11 Å². The second-order valence-corrected chi connectivity index (χ2v) is 6.80. The average Bonchev–Trinajstić information content (AvgIpc) is 3.30. The first-order valence-corrected chi connectivity index (χ1v) is 8.13. The Kier molecular flexibility index (Phi) is 5.65. The smallest absolute Gasteiger partial charge is 0.119 e. The molecule has 1 aromatic carbocycles. The topological polar surface area (TPSA) is 55.5 Å². The van der Waals surface area contributed by atoms with Gasteiger partial charge in [-0.25, -0.2) is 0 Å². The third kappa shape index (κ3) is 4.45. The van der Waals surface area contributed by atoms with Crippen LogP contribution in [0.1, 0.15) is 45.1 Å². The predicted octanol–water partition coefficient (Wildman–Crippen LogP) is 3.17. The summed E-state index contributed by atoms with van der Waals surface area (Å²) in [6, 6.07) is 8.04. The Balaban J connectivity index is 2.00. The van der Waals surface area contributed by atoms with E-state index in [1.807, 2.05) is 24.3 Å². The molecule has 3 heteroatoms. The number of benzene rings is 1. The summed E-state index contributed by atoms with van der Waals surface area (Å²) >= 11 is 0. The number of hydrogen-bond donors (Lipinski definition) is 2. The standard InChI is InChI=1S/C18H29NO2/c1-12(2)11-21-16-8-6-15(7-9-16)17(10-19)18(20)13(3)14-4-5-14/h6-9,12-14,17-18,20H,4-5,10-11,19H2,1-3H3. The van der Waals surface area contributed by atoms with E-state index >= 15 is 0 Å². The van der Waals surface area contributed by atoms with E-state index in [-0.39, 0.29) is 12.0 Å². The third-order valence-corrected chi connectivity index (χ3v) is 4.46. The van der Waals surface area contributed by atoms with Crippen LogP contribution in [0.15, 0.2) is 24.3 Å². The molecule has 1 aliphatic carbocycles. The molecule has 21 heavy (non-hydrogen) atoms. The summed E-state index contributed by atoms with van der Waals surface area (Å²) in [4.78, 5) is 0. The lowest BCUT2D eigenvalue weighted by atomic mass is 9.84. The maximum absolute atomic E-state index is 10.6. The zero-order valence-electron chi connectivity index (χ0n) is 13.5. The molecular weight excluding hydrogens is 262 g/mol. The molecule has 1 aromatic rings. The summed E-state index contributed by atoms with van der Waals surface area (Å²) in [6.07, 6.45) is 2.14. The van der Waals surface area contributed by atoms with E-state index in [4.69, 9.17) is 10.5 Å². The second-order valence-electron chi connectivity index (χ2n) is 6.80. The van der Waals surface area contributed by atoms with Gasteiger partial charge in [0.1, 0.15) is 5.75 Å². The van der Waals surface area contributed by atoms with Gasteiger partial charge in [0.05, 0.1) is 12.7 Å². The Labute approximate surface area is 128 Å². The number of rotatable bonds is 8. The van der Waals surface area contributed by atoms with Crippen LogP contribution in [0, 0.1) is 17.8 Å². The maximum atomic E-state index is 10.6. The largest absolute Gasteiger partial charge is 0.493 e. The molecule has 1 saturated carbocycles. The first kappa shape index (κ1) is 16.3. The van der Waals surface area contributed by atoms with Crippen LogP contribution in [0.25, 0.3) is 0 Å². The normalized spacial score (nSPS) is 19.3. The van der Waals surface area contributed by atoms with Gasteiger partial charge in [0.25, 0.3) is 0 Å². The Morgan fingerprint density at radius 1 is 1.19 bits per heavy atom. The monoisotopic (exact) mass is 291 g/mol. The molecule has 3 unspecified atom stereocenters. The van der Waals surface area contributed by atoms with Crippen molar-refractivity contribution in [1.82, 2.24) is 0 Å². The number of hydrogen-bond acceptors (Lipinski definition) is 3. The minimum Gasteiger partial charge on any atom is -0.493 e. The molecule has 1 fully saturated rings. The lowest BCUT2D eigenvalue weighted by Gasteiger charge is -2.27. The zero-order valence-corrected chi connectivity index (χ0v) is 13.5. The van der Waals surface area contributed by atoms with Crippen molar-refractivity contribution in [1.29, 1.82) is 0 Å². The lowest BCUT2D eigenvalue weighted by Crippen LogP contribution is -2.32. The quantitative estimate of drug-likeness (QED) is 0.773. The van der Waals surface area contributed by atoms with Crippen molar-refractivity contribution >= 4 is 0 Å². The molecule has 3 nitrogen and oxygen atoms in total. The number of aliphatic hydroxyl groups excluding tert-OH is 1. The maximum Gasteiger partial charge on any atom is 0.119 e. The molecule has 118 valence electrons. The first-order valence-electron chi connectivity index (χ1n) is 8.13. The van der Waals surface area contributed by atoms with Gasteiger partial charge in [-0.05, 0) is 48.3 Å². The Bertz CT molecular complexity index is 425. The molecule has 0 bridgehead atoms. The van der Waals surface area contributed by atoms with Gasteiger partial charge in [0.15, 0.2) is 0 Å². The molecule has 0 heterocycles. The highest BCUT2D eigenvalue weighted by molar-refractivity contribution is 5.30. The van der Waals surface area contributed by atoms with Crippen molar-refractivity contribution in [2.45, 2.75) is 45.6 Å². The minimum absolute atomic E-state index is 0.0137. The number of aliphatic hydroxyl groups is 1. The van der Waals surface area contributed by atoms with Crippen LogP contribution in [-0.4, -0.2) is 24.4 Å². The van der Waals surface area contributed by atoms with Crippen LogP contribution >= 0.6 is 0 Å². The van der Waals surface area contributed by atoms with Gasteiger partial charge in [0.2, 0.25) is 0 Å². The SMILES string of the molecule is CC(C)COc1ccc(C(CN)C(O)C(C)C2CC2)cc1. The summed E-state index contributed by atoms with van der Waals surface area (Å²) in [5, 5.41) is 10.6. The van der Waals surface area contributed by atoms with E-state index in [2.05, 4.69) is 20.8 Å². The van der Waals surface area contributed by atoms with Gasteiger partial charge in [0, 0.05) is 12.5 Å². The zero-order chi connectivity index (χ0) is 15.4. The van der Waals surface area contributed by atoms with Gasteiger partial charge >= 0.3 is 0 Å². The van der Waals surface area contributed by atoms with E-state index in [1.54, 1.807) is 0 Å². The molecule has 0 spiro atoms. The Morgan fingerprint density at radius 2 is 1.81 bits per heavy atom. The molecule has 2 rings (SSSR count). The van der Waals surface area contributed by atoms with Gasteiger partial charge in [-0.2, -0.15) is 0 Å².